The van der Waals surface area contributed by atoms with Gasteiger partial charge in [0.05, 0.1) is 11.6 Å². The van der Waals surface area contributed by atoms with E-state index in [0.717, 1.165) is 22.4 Å². The Morgan fingerprint density at radius 3 is 2.73 bits per heavy atom. The molecule has 1 aliphatic rings. The predicted octanol–water partition coefficient (Wildman–Crippen LogP) is 4.31. The Kier molecular flexibility index (Phi) is 4.19. The minimum Gasteiger partial charge on any atom is -0.272 e. The van der Waals surface area contributed by atoms with E-state index >= 15 is 0 Å². The maximum Gasteiger partial charge on any atom is 0.248 e. The van der Waals surface area contributed by atoms with Crippen molar-refractivity contribution in [2.75, 3.05) is 0 Å². The molecule has 5 heteroatoms. The summed E-state index contributed by atoms with van der Waals surface area (Å²) in [5.74, 6) is -0.515. The molecule has 22 heavy (non-hydrogen) atoms. The molecule has 1 heterocycles. The quantitative estimate of drug-likeness (QED) is 0.874. The van der Waals surface area contributed by atoms with Crippen LogP contribution in [0.5, 0.6) is 0 Å². The number of hydrogen-bond acceptors (Lipinski definition) is 2. The molecule has 1 N–H and O–H groups in total. The van der Waals surface area contributed by atoms with Crippen LogP contribution in [0.15, 0.2) is 47.6 Å². The van der Waals surface area contributed by atoms with Gasteiger partial charge in [0.2, 0.25) is 5.91 Å². The molecule has 2 aromatic rings. The van der Waals surface area contributed by atoms with Gasteiger partial charge in [-0.05, 0) is 30.2 Å². The Hall–Kier alpha value is -1.84. The summed E-state index contributed by atoms with van der Waals surface area (Å²) in [6, 6.07) is 13.2. The average molecular weight is 333 g/mol. The van der Waals surface area contributed by atoms with Crippen LogP contribution in [0.1, 0.15) is 29.0 Å². The Bertz CT molecular complexity index is 771. The number of hydrogen-bond donors (Lipinski definition) is 1. The maximum atomic E-state index is 12.2. The first kappa shape index (κ1) is 15.1. The predicted molar refractivity (Wildman–Crippen MR) is 89.7 cm³/mol. The summed E-state index contributed by atoms with van der Waals surface area (Å²) < 4.78 is 0. The molecule has 0 unspecified atom stereocenters. The standard InChI is InChI=1S/C17H14Cl2N2O/c1-10-3-2-4-11(7-10)16-9-14(17(22)21-20-16)13-6-5-12(18)8-15(13)19/h2-8,14H,9H2,1H3,(H,21,22)/t14-/m0/s1. The number of benzene rings is 2. The van der Waals surface area contributed by atoms with Crippen LogP contribution in [0.3, 0.4) is 0 Å². The minimum absolute atomic E-state index is 0.152. The lowest BCUT2D eigenvalue weighted by Gasteiger charge is -2.23. The molecule has 0 saturated carbocycles. The molecule has 0 saturated heterocycles. The number of carbonyl (C=O) groups excluding carboxylic acids is 1. The van der Waals surface area contributed by atoms with Gasteiger partial charge in [-0.25, -0.2) is 5.43 Å². The van der Waals surface area contributed by atoms with Crippen molar-refractivity contribution in [2.24, 2.45) is 5.10 Å². The highest BCUT2D eigenvalue weighted by molar-refractivity contribution is 6.35. The van der Waals surface area contributed by atoms with Crippen molar-refractivity contribution in [3.8, 4) is 0 Å². The molecule has 0 fully saturated rings. The molecule has 0 spiro atoms. The van der Waals surface area contributed by atoms with Crippen molar-refractivity contribution in [1.29, 1.82) is 0 Å². The average Bonchev–Trinajstić information content (AvgIpc) is 2.48. The zero-order valence-electron chi connectivity index (χ0n) is 11.9. The van der Waals surface area contributed by atoms with Crippen LogP contribution in [-0.2, 0) is 4.79 Å². The number of nitrogens with one attached hydrogen (secondary N) is 1. The fraction of sp³-hybridized carbons (Fsp3) is 0.176. The molecule has 1 aliphatic heterocycles. The van der Waals surface area contributed by atoms with Crippen LogP contribution in [0, 0.1) is 6.92 Å². The van der Waals surface area contributed by atoms with Crippen LogP contribution in [0.4, 0.5) is 0 Å². The second-order valence-corrected chi connectivity index (χ2v) is 6.17. The van der Waals surface area contributed by atoms with Gasteiger partial charge in [0.25, 0.3) is 0 Å². The highest BCUT2D eigenvalue weighted by atomic mass is 35.5. The molecule has 3 nitrogen and oxygen atoms in total. The monoisotopic (exact) mass is 332 g/mol. The molecule has 3 rings (SSSR count). The smallest absolute Gasteiger partial charge is 0.248 e. The first-order valence-electron chi connectivity index (χ1n) is 6.93. The Balaban J connectivity index is 1.94. The largest absolute Gasteiger partial charge is 0.272 e. The third kappa shape index (κ3) is 3.01. The van der Waals surface area contributed by atoms with Gasteiger partial charge in [0.15, 0.2) is 0 Å². The SMILES string of the molecule is Cc1cccc(C2=NNC(=O)[C@H](c3ccc(Cl)cc3Cl)C2)c1. The molecule has 0 bridgehead atoms. The molecular weight excluding hydrogens is 319 g/mol. The van der Waals surface area contributed by atoms with Gasteiger partial charge in [0.1, 0.15) is 0 Å². The van der Waals surface area contributed by atoms with E-state index in [9.17, 15) is 4.79 Å². The van der Waals surface area contributed by atoms with E-state index in [1.807, 2.05) is 25.1 Å². The molecular formula is C17H14Cl2N2O. The second-order valence-electron chi connectivity index (χ2n) is 5.33. The van der Waals surface area contributed by atoms with Crippen molar-refractivity contribution in [1.82, 2.24) is 5.43 Å². The number of rotatable bonds is 2. The van der Waals surface area contributed by atoms with Crippen molar-refractivity contribution in [2.45, 2.75) is 19.3 Å². The summed E-state index contributed by atoms with van der Waals surface area (Å²) in [7, 11) is 0. The molecule has 112 valence electrons. The number of nitrogens with zero attached hydrogens (tertiary/aromatic N) is 1. The lowest BCUT2D eigenvalue weighted by atomic mass is 9.89. The molecule has 1 amide bonds. The molecule has 0 aliphatic carbocycles. The van der Waals surface area contributed by atoms with E-state index in [1.54, 1.807) is 18.2 Å². The Morgan fingerprint density at radius 1 is 1.18 bits per heavy atom. The molecule has 1 atom stereocenters. The van der Waals surface area contributed by atoms with Crippen molar-refractivity contribution < 1.29 is 4.79 Å². The van der Waals surface area contributed by atoms with Gasteiger partial charge in [-0.15, -0.1) is 0 Å². The van der Waals surface area contributed by atoms with E-state index in [0.29, 0.717) is 16.5 Å². The first-order chi connectivity index (χ1) is 10.5. The van der Waals surface area contributed by atoms with Gasteiger partial charge in [-0.3, -0.25) is 4.79 Å². The van der Waals surface area contributed by atoms with Gasteiger partial charge >= 0.3 is 0 Å². The van der Waals surface area contributed by atoms with E-state index in [1.165, 1.54) is 0 Å². The van der Waals surface area contributed by atoms with E-state index in [-0.39, 0.29) is 11.8 Å². The summed E-state index contributed by atoms with van der Waals surface area (Å²) in [4.78, 5) is 12.2. The Labute approximate surface area is 138 Å². The summed E-state index contributed by atoms with van der Waals surface area (Å²) >= 11 is 12.2. The van der Waals surface area contributed by atoms with Crippen LogP contribution < -0.4 is 5.43 Å². The Morgan fingerprint density at radius 2 is 2.00 bits per heavy atom. The van der Waals surface area contributed by atoms with E-state index in [4.69, 9.17) is 23.2 Å². The number of hydrazone groups is 1. The number of amides is 1. The van der Waals surface area contributed by atoms with Crippen molar-refractivity contribution in [3.63, 3.8) is 0 Å². The molecule has 2 aromatic carbocycles. The highest BCUT2D eigenvalue weighted by Crippen LogP contribution is 2.32. The summed E-state index contributed by atoms with van der Waals surface area (Å²) in [5.41, 5.74) is 6.37. The van der Waals surface area contributed by atoms with Gasteiger partial charge in [-0.2, -0.15) is 5.10 Å². The number of aryl methyl sites for hydroxylation is 1. The van der Waals surface area contributed by atoms with Crippen molar-refractivity contribution >= 4 is 34.8 Å². The highest BCUT2D eigenvalue weighted by Gasteiger charge is 2.28. The first-order valence-corrected chi connectivity index (χ1v) is 7.68. The number of halogens is 2. The third-order valence-corrected chi connectivity index (χ3v) is 4.27. The van der Waals surface area contributed by atoms with Gasteiger partial charge in [-0.1, -0.05) is 59.1 Å². The fourth-order valence-electron chi connectivity index (χ4n) is 2.57. The normalized spacial score (nSPS) is 17.9. The zero-order chi connectivity index (χ0) is 15.7. The second kappa shape index (κ2) is 6.11. The van der Waals surface area contributed by atoms with Gasteiger partial charge in [0, 0.05) is 16.5 Å². The fourth-order valence-corrected chi connectivity index (χ4v) is 3.11. The summed E-state index contributed by atoms with van der Waals surface area (Å²) in [5, 5.41) is 5.24. The van der Waals surface area contributed by atoms with Crippen molar-refractivity contribution in [3.05, 3.63) is 69.2 Å². The zero-order valence-corrected chi connectivity index (χ0v) is 13.4. The summed E-state index contributed by atoms with van der Waals surface area (Å²) in [6.45, 7) is 2.03. The lowest BCUT2D eigenvalue weighted by Crippen LogP contribution is -2.33. The third-order valence-electron chi connectivity index (χ3n) is 3.70. The number of carbonyl (C=O) groups is 1. The molecule has 0 radical (unpaired) electrons. The van der Waals surface area contributed by atoms with Crippen LogP contribution in [0.25, 0.3) is 0 Å². The maximum absolute atomic E-state index is 12.2. The molecule has 0 aromatic heterocycles. The van der Waals surface area contributed by atoms with E-state index < -0.39 is 0 Å². The van der Waals surface area contributed by atoms with E-state index in [2.05, 4.69) is 16.6 Å². The van der Waals surface area contributed by atoms with Crippen LogP contribution in [-0.4, -0.2) is 11.6 Å². The lowest BCUT2D eigenvalue weighted by molar-refractivity contribution is -0.122. The summed E-state index contributed by atoms with van der Waals surface area (Å²) in [6.07, 6.45) is 0.511. The van der Waals surface area contributed by atoms with Gasteiger partial charge < -0.3 is 0 Å². The van der Waals surface area contributed by atoms with Crippen LogP contribution in [0.2, 0.25) is 10.0 Å². The topological polar surface area (TPSA) is 41.5 Å². The minimum atomic E-state index is -0.363. The van der Waals surface area contributed by atoms with Crippen LogP contribution >= 0.6 is 23.2 Å².